The van der Waals surface area contributed by atoms with Crippen LogP contribution < -0.4 is 4.74 Å². The van der Waals surface area contributed by atoms with Gasteiger partial charge in [0.25, 0.3) is 0 Å². The van der Waals surface area contributed by atoms with Gasteiger partial charge in [0.15, 0.2) is 0 Å². The maximum atomic E-state index is 5.13. The van der Waals surface area contributed by atoms with Crippen LogP contribution in [0.15, 0.2) is 42.5 Å². The number of hydrogen-bond acceptors (Lipinski definition) is 1. The zero-order valence-electron chi connectivity index (χ0n) is 11.6. The summed E-state index contributed by atoms with van der Waals surface area (Å²) in [6, 6.07) is 8.16. The minimum Gasteiger partial charge on any atom is -0.497 e. The zero-order chi connectivity index (χ0) is 13.1. The van der Waals surface area contributed by atoms with Gasteiger partial charge in [0, 0.05) is 0 Å². The molecule has 0 saturated carbocycles. The summed E-state index contributed by atoms with van der Waals surface area (Å²) >= 11 is 0. The minimum absolute atomic E-state index is 0.912. The van der Waals surface area contributed by atoms with Gasteiger partial charge in [-0.1, -0.05) is 43.4 Å². The van der Waals surface area contributed by atoms with Crippen LogP contribution in [0.2, 0.25) is 0 Å². The van der Waals surface area contributed by atoms with Crippen LogP contribution in [0, 0.1) is 0 Å². The molecule has 1 nitrogen and oxygen atoms in total. The van der Waals surface area contributed by atoms with Gasteiger partial charge >= 0.3 is 0 Å². The van der Waals surface area contributed by atoms with E-state index < -0.39 is 0 Å². The Balaban J connectivity index is 2.17. The Labute approximate surface area is 111 Å². The van der Waals surface area contributed by atoms with Gasteiger partial charge in [0.2, 0.25) is 0 Å². The molecule has 0 aliphatic carbocycles. The van der Waals surface area contributed by atoms with Crippen molar-refractivity contribution in [3.63, 3.8) is 0 Å². The van der Waals surface area contributed by atoms with E-state index in [9.17, 15) is 0 Å². The highest BCUT2D eigenvalue weighted by Gasteiger charge is 1.89. The Morgan fingerprint density at radius 2 is 1.61 bits per heavy atom. The molecule has 1 aromatic carbocycles. The summed E-state index contributed by atoms with van der Waals surface area (Å²) in [5.41, 5.74) is 1.24. The van der Waals surface area contributed by atoms with E-state index in [1.165, 1.54) is 24.8 Å². The van der Waals surface area contributed by atoms with Crippen molar-refractivity contribution >= 4 is 6.08 Å². The Morgan fingerprint density at radius 1 is 0.944 bits per heavy atom. The zero-order valence-corrected chi connectivity index (χ0v) is 11.6. The average Bonchev–Trinajstić information content (AvgIpc) is 2.42. The van der Waals surface area contributed by atoms with Crippen molar-refractivity contribution in [2.75, 3.05) is 7.11 Å². The highest BCUT2D eigenvalue weighted by Crippen LogP contribution is 2.13. The summed E-state index contributed by atoms with van der Waals surface area (Å²) < 4.78 is 5.13. The van der Waals surface area contributed by atoms with Gasteiger partial charge in [-0.15, -0.1) is 0 Å². The molecule has 0 N–H and O–H groups in total. The number of ether oxygens (including phenoxy) is 1. The fourth-order valence-corrected chi connectivity index (χ4v) is 1.74. The lowest BCUT2D eigenvalue weighted by Gasteiger charge is -1.99. The largest absolute Gasteiger partial charge is 0.497 e. The molecule has 1 rings (SSSR count). The Bertz CT molecular complexity index is 360. The molecule has 0 atom stereocenters. The van der Waals surface area contributed by atoms with E-state index in [-0.39, 0.29) is 0 Å². The van der Waals surface area contributed by atoms with Crippen LogP contribution in [0.25, 0.3) is 6.08 Å². The molecule has 0 heterocycles. The standard InChI is InChI=1S/C17H24O/c1-3-4-5-6-7-8-9-10-11-16-12-14-17(18-2)15-13-16/h4-5,10-15H,3,6-9H2,1-2H3. The highest BCUT2D eigenvalue weighted by atomic mass is 16.5. The van der Waals surface area contributed by atoms with Crippen molar-refractivity contribution in [3.05, 3.63) is 48.1 Å². The second-order valence-electron chi connectivity index (χ2n) is 4.34. The molecule has 0 radical (unpaired) electrons. The summed E-state index contributed by atoms with van der Waals surface area (Å²) in [4.78, 5) is 0. The van der Waals surface area contributed by atoms with E-state index in [4.69, 9.17) is 4.74 Å². The highest BCUT2D eigenvalue weighted by molar-refractivity contribution is 5.50. The minimum atomic E-state index is 0.912. The molecule has 0 aliphatic rings. The van der Waals surface area contributed by atoms with E-state index in [1.54, 1.807) is 7.11 Å². The van der Waals surface area contributed by atoms with Crippen LogP contribution in [0.4, 0.5) is 0 Å². The molecule has 1 heteroatoms. The van der Waals surface area contributed by atoms with Crippen molar-refractivity contribution in [3.8, 4) is 5.75 Å². The molecule has 0 amide bonds. The third kappa shape index (κ3) is 6.29. The van der Waals surface area contributed by atoms with E-state index >= 15 is 0 Å². The molecule has 0 aromatic heterocycles. The van der Waals surface area contributed by atoms with Gasteiger partial charge in [-0.2, -0.15) is 0 Å². The van der Waals surface area contributed by atoms with Crippen molar-refractivity contribution in [2.45, 2.75) is 39.0 Å². The lowest BCUT2D eigenvalue weighted by atomic mass is 10.1. The Morgan fingerprint density at radius 3 is 2.22 bits per heavy atom. The van der Waals surface area contributed by atoms with Crippen LogP contribution in [0.3, 0.4) is 0 Å². The van der Waals surface area contributed by atoms with Gasteiger partial charge in [-0.05, 0) is 49.8 Å². The van der Waals surface area contributed by atoms with E-state index in [0.29, 0.717) is 0 Å². The van der Waals surface area contributed by atoms with Crippen LogP contribution in [-0.2, 0) is 0 Å². The van der Waals surface area contributed by atoms with Crippen LogP contribution >= 0.6 is 0 Å². The predicted octanol–water partition coefficient (Wildman–Crippen LogP) is 5.24. The quantitative estimate of drug-likeness (QED) is 0.449. The lowest BCUT2D eigenvalue weighted by Crippen LogP contribution is -1.81. The fraction of sp³-hybridized carbons (Fsp3) is 0.412. The van der Waals surface area contributed by atoms with Gasteiger partial charge in [0.05, 0.1) is 7.11 Å². The van der Waals surface area contributed by atoms with Gasteiger partial charge in [-0.3, -0.25) is 0 Å². The Kier molecular flexibility index (Phi) is 7.70. The monoisotopic (exact) mass is 244 g/mol. The molecule has 0 unspecified atom stereocenters. The molecule has 0 aliphatic heterocycles. The number of rotatable bonds is 8. The summed E-state index contributed by atoms with van der Waals surface area (Å²) in [6.45, 7) is 2.17. The number of allylic oxidation sites excluding steroid dienone is 3. The molecule has 1 aromatic rings. The van der Waals surface area contributed by atoms with Crippen LogP contribution in [0.1, 0.15) is 44.6 Å². The topological polar surface area (TPSA) is 9.23 Å². The maximum absolute atomic E-state index is 5.13. The molecular formula is C17H24O. The first kappa shape index (κ1) is 14.6. The molecule has 18 heavy (non-hydrogen) atoms. The van der Waals surface area contributed by atoms with Crippen molar-refractivity contribution in [1.82, 2.24) is 0 Å². The summed E-state index contributed by atoms with van der Waals surface area (Å²) in [5.74, 6) is 0.912. The molecule has 0 saturated heterocycles. The molecular weight excluding hydrogens is 220 g/mol. The van der Waals surface area contributed by atoms with Crippen LogP contribution in [0.5, 0.6) is 5.75 Å². The van der Waals surface area contributed by atoms with Crippen molar-refractivity contribution in [2.24, 2.45) is 0 Å². The van der Waals surface area contributed by atoms with Gasteiger partial charge in [0.1, 0.15) is 5.75 Å². The summed E-state index contributed by atoms with van der Waals surface area (Å²) in [6.07, 6.45) is 15.0. The van der Waals surface area contributed by atoms with Crippen LogP contribution in [-0.4, -0.2) is 7.11 Å². The molecule has 0 fully saturated rings. The van der Waals surface area contributed by atoms with Gasteiger partial charge in [-0.25, -0.2) is 0 Å². The van der Waals surface area contributed by atoms with Crippen molar-refractivity contribution in [1.29, 1.82) is 0 Å². The average molecular weight is 244 g/mol. The van der Waals surface area contributed by atoms with Gasteiger partial charge < -0.3 is 4.74 Å². The van der Waals surface area contributed by atoms with E-state index in [0.717, 1.165) is 18.6 Å². The first-order chi connectivity index (χ1) is 8.86. The number of hydrogen-bond donors (Lipinski definition) is 0. The third-order valence-corrected chi connectivity index (χ3v) is 2.82. The normalized spacial score (nSPS) is 11.4. The summed E-state index contributed by atoms with van der Waals surface area (Å²) in [7, 11) is 1.69. The SMILES string of the molecule is CCC=CCCCCC=Cc1ccc(OC)cc1. The number of methoxy groups -OCH3 is 1. The number of benzene rings is 1. The van der Waals surface area contributed by atoms with E-state index in [2.05, 4.69) is 43.4 Å². The second kappa shape index (κ2) is 9.52. The first-order valence-electron chi connectivity index (χ1n) is 6.82. The summed E-state index contributed by atoms with van der Waals surface area (Å²) in [5, 5.41) is 0. The lowest BCUT2D eigenvalue weighted by molar-refractivity contribution is 0.415. The third-order valence-electron chi connectivity index (χ3n) is 2.82. The molecule has 0 spiro atoms. The number of unbranched alkanes of at least 4 members (excludes halogenated alkanes) is 3. The van der Waals surface area contributed by atoms with E-state index in [1.807, 2.05) is 12.1 Å². The fourth-order valence-electron chi connectivity index (χ4n) is 1.74. The maximum Gasteiger partial charge on any atom is 0.118 e. The predicted molar refractivity (Wildman–Crippen MR) is 79.9 cm³/mol. The first-order valence-corrected chi connectivity index (χ1v) is 6.82. The molecule has 98 valence electrons. The molecule has 0 bridgehead atoms. The Hall–Kier alpha value is -1.50. The van der Waals surface area contributed by atoms with Crippen molar-refractivity contribution < 1.29 is 4.74 Å². The smallest absolute Gasteiger partial charge is 0.118 e. The second-order valence-corrected chi connectivity index (χ2v) is 4.34.